The molecule has 0 fully saturated rings. The van der Waals surface area contributed by atoms with E-state index in [0.717, 1.165) is 17.0 Å². The van der Waals surface area contributed by atoms with E-state index in [2.05, 4.69) is 20.7 Å². The van der Waals surface area contributed by atoms with Gasteiger partial charge in [-0.15, -0.1) is 0 Å². The number of aliphatic hydroxyl groups is 1. The van der Waals surface area contributed by atoms with Crippen molar-refractivity contribution in [2.45, 2.75) is 32.9 Å². The lowest BCUT2D eigenvalue weighted by atomic mass is 10.0. The topological polar surface area (TPSA) is 87.6 Å². The predicted octanol–water partition coefficient (Wildman–Crippen LogP) is 3.39. The van der Waals surface area contributed by atoms with Crippen molar-refractivity contribution >= 4 is 17.6 Å². The first-order chi connectivity index (χ1) is 13.9. The molecule has 0 aliphatic rings. The third kappa shape index (κ3) is 5.62. The fourth-order valence-electron chi connectivity index (χ4n) is 2.76. The molecule has 0 amide bonds. The first-order valence-corrected chi connectivity index (χ1v) is 9.86. The van der Waals surface area contributed by atoms with Gasteiger partial charge in [0.15, 0.2) is 5.96 Å². The van der Waals surface area contributed by atoms with Crippen molar-refractivity contribution in [1.82, 2.24) is 20.4 Å². The number of aliphatic imine (C=N–C) groups is 1. The van der Waals surface area contributed by atoms with Crippen molar-refractivity contribution in [3.05, 3.63) is 70.9 Å². The van der Waals surface area contributed by atoms with E-state index >= 15 is 0 Å². The van der Waals surface area contributed by atoms with Crippen LogP contribution in [0.2, 0.25) is 5.02 Å². The Morgan fingerprint density at radius 2 is 2.00 bits per heavy atom. The van der Waals surface area contributed by atoms with Gasteiger partial charge in [-0.05, 0) is 57.2 Å². The zero-order valence-electron chi connectivity index (χ0n) is 16.8. The Balaban J connectivity index is 1.64. The Labute approximate surface area is 175 Å². The molecular formula is C21H26ClN5O2. The molecule has 0 radical (unpaired) electrons. The molecule has 29 heavy (non-hydrogen) atoms. The molecular weight excluding hydrogens is 390 g/mol. The molecule has 8 heteroatoms. The SMILES string of the molecule is CCNC(=NCc1cnn(-c2ccc(Cl)cc2)c1)NCC(C)(O)c1ccc(C)o1. The lowest BCUT2D eigenvalue weighted by molar-refractivity contribution is 0.0378. The Bertz CT molecular complexity index is 960. The van der Waals surface area contributed by atoms with Crippen molar-refractivity contribution in [1.29, 1.82) is 0 Å². The van der Waals surface area contributed by atoms with Crippen LogP contribution in [0.15, 0.2) is 58.2 Å². The van der Waals surface area contributed by atoms with Crippen molar-refractivity contribution < 1.29 is 9.52 Å². The summed E-state index contributed by atoms with van der Waals surface area (Å²) in [6.45, 7) is 6.96. The van der Waals surface area contributed by atoms with Gasteiger partial charge in [0.1, 0.15) is 17.1 Å². The van der Waals surface area contributed by atoms with E-state index in [1.165, 1.54) is 0 Å². The number of aromatic nitrogens is 2. The van der Waals surface area contributed by atoms with E-state index in [9.17, 15) is 5.11 Å². The van der Waals surface area contributed by atoms with Crippen molar-refractivity contribution in [2.75, 3.05) is 13.1 Å². The van der Waals surface area contributed by atoms with Crippen LogP contribution in [-0.4, -0.2) is 33.9 Å². The van der Waals surface area contributed by atoms with Crippen molar-refractivity contribution in [3.8, 4) is 5.69 Å². The molecule has 0 saturated carbocycles. The molecule has 1 atom stereocenters. The number of furan rings is 1. The maximum absolute atomic E-state index is 10.7. The second-order valence-corrected chi connectivity index (χ2v) is 7.44. The normalized spacial score (nSPS) is 13.9. The van der Waals surface area contributed by atoms with E-state index in [-0.39, 0.29) is 6.54 Å². The minimum Gasteiger partial charge on any atom is -0.463 e. The highest BCUT2D eigenvalue weighted by Crippen LogP contribution is 2.21. The fraction of sp³-hybridized carbons (Fsp3) is 0.333. The monoisotopic (exact) mass is 415 g/mol. The van der Waals surface area contributed by atoms with Crippen LogP contribution >= 0.6 is 11.6 Å². The highest BCUT2D eigenvalue weighted by Gasteiger charge is 2.27. The number of guanidine groups is 1. The molecule has 7 nitrogen and oxygen atoms in total. The first-order valence-electron chi connectivity index (χ1n) is 9.48. The summed E-state index contributed by atoms with van der Waals surface area (Å²) < 4.78 is 7.34. The standard InChI is InChI=1S/C21H26ClN5O2/c1-4-23-20(25-14-21(3,28)19-10-5-15(2)29-19)24-11-16-12-26-27(13-16)18-8-6-17(22)7-9-18/h5-10,12-13,28H,4,11,14H2,1-3H3,(H2,23,24,25). The summed E-state index contributed by atoms with van der Waals surface area (Å²) in [6.07, 6.45) is 3.71. The minimum absolute atomic E-state index is 0.260. The summed E-state index contributed by atoms with van der Waals surface area (Å²) in [6, 6.07) is 11.1. The molecule has 0 aliphatic heterocycles. The van der Waals surface area contributed by atoms with Gasteiger partial charge >= 0.3 is 0 Å². The first kappa shape index (κ1) is 21.0. The second-order valence-electron chi connectivity index (χ2n) is 7.00. The number of hydrogen-bond acceptors (Lipinski definition) is 4. The number of nitrogens with one attached hydrogen (secondary N) is 2. The van der Waals surface area contributed by atoms with Crippen LogP contribution < -0.4 is 10.6 Å². The van der Waals surface area contributed by atoms with Gasteiger partial charge in [0, 0.05) is 23.3 Å². The molecule has 3 rings (SSSR count). The Kier molecular flexibility index (Phi) is 6.61. The number of benzene rings is 1. The quantitative estimate of drug-likeness (QED) is 0.406. The fourth-order valence-corrected chi connectivity index (χ4v) is 2.88. The van der Waals surface area contributed by atoms with Gasteiger partial charge < -0.3 is 20.2 Å². The Hall–Kier alpha value is -2.77. The Morgan fingerprint density at radius 3 is 2.66 bits per heavy atom. The number of rotatable bonds is 7. The van der Waals surface area contributed by atoms with E-state index < -0.39 is 5.60 Å². The van der Waals surface area contributed by atoms with Crippen LogP contribution in [0, 0.1) is 6.92 Å². The van der Waals surface area contributed by atoms with Crippen LogP contribution in [0.1, 0.15) is 30.9 Å². The lowest BCUT2D eigenvalue weighted by Gasteiger charge is -2.22. The largest absolute Gasteiger partial charge is 0.463 e. The van der Waals surface area contributed by atoms with Gasteiger partial charge in [0.25, 0.3) is 0 Å². The lowest BCUT2D eigenvalue weighted by Crippen LogP contribution is -2.44. The third-order valence-electron chi connectivity index (χ3n) is 4.36. The zero-order valence-corrected chi connectivity index (χ0v) is 17.6. The van der Waals surface area contributed by atoms with Crippen LogP contribution in [0.25, 0.3) is 5.69 Å². The molecule has 2 heterocycles. The average Bonchev–Trinajstić information content (AvgIpc) is 3.34. The Morgan fingerprint density at radius 1 is 1.24 bits per heavy atom. The zero-order chi connectivity index (χ0) is 20.9. The predicted molar refractivity (Wildman–Crippen MR) is 114 cm³/mol. The van der Waals surface area contributed by atoms with Gasteiger partial charge in [-0.25, -0.2) is 9.67 Å². The van der Waals surface area contributed by atoms with E-state index in [1.807, 2.05) is 50.4 Å². The minimum atomic E-state index is -1.15. The van der Waals surface area contributed by atoms with Gasteiger partial charge in [-0.3, -0.25) is 0 Å². The highest BCUT2D eigenvalue weighted by atomic mass is 35.5. The van der Waals surface area contributed by atoms with E-state index in [1.54, 1.807) is 23.9 Å². The smallest absolute Gasteiger partial charge is 0.191 e. The second kappa shape index (κ2) is 9.15. The number of halogens is 1. The van der Waals surface area contributed by atoms with Crippen LogP contribution in [0.5, 0.6) is 0 Å². The number of hydrogen-bond donors (Lipinski definition) is 3. The van der Waals surface area contributed by atoms with Crippen LogP contribution in [0.3, 0.4) is 0 Å². The van der Waals surface area contributed by atoms with E-state index in [4.69, 9.17) is 16.0 Å². The molecule has 2 aromatic heterocycles. The molecule has 0 spiro atoms. The maximum Gasteiger partial charge on any atom is 0.191 e. The van der Waals surface area contributed by atoms with Crippen LogP contribution in [0.4, 0.5) is 0 Å². The summed E-state index contributed by atoms with van der Waals surface area (Å²) in [5, 5.41) is 22.1. The van der Waals surface area contributed by atoms with Crippen molar-refractivity contribution in [3.63, 3.8) is 0 Å². The molecule has 154 valence electrons. The number of aryl methyl sites for hydroxylation is 1. The van der Waals surface area contributed by atoms with Crippen molar-refractivity contribution in [2.24, 2.45) is 4.99 Å². The highest BCUT2D eigenvalue weighted by molar-refractivity contribution is 6.30. The maximum atomic E-state index is 10.7. The molecule has 0 aliphatic carbocycles. The van der Waals surface area contributed by atoms with Gasteiger partial charge in [0.2, 0.25) is 0 Å². The molecule has 1 aromatic carbocycles. The molecule has 3 N–H and O–H groups in total. The molecule has 0 bridgehead atoms. The summed E-state index contributed by atoms with van der Waals surface area (Å²) in [5.41, 5.74) is 0.745. The number of nitrogens with zero attached hydrogens (tertiary/aromatic N) is 3. The van der Waals surface area contributed by atoms with E-state index in [0.29, 0.717) is 29.8 Å². The summed E-state index contributed by atoms with van der Waals surface area (Å²) in [7, 11) is 0. The third-order valence-corrected chi connectivity index (χ3v) is 4.61. The van der Waals surface area contributed by atoms with Crippen LogP contribution in [-0.2, 0) is 12.1 Å². The van der Waals surface area contributed by atoms with Gasteiger partial charge in [0.05, 0.1) is 25.0 Å². The van der Waals surface area contributed by atoms with Gasteiger partial charge in [-0.1, -0.05) is 11.6 Å². The summed E-state index contributed by atoms with van der Waals surface area (Å²) >= 11 is 5.94. The molecule has 1 unspecified atom stereocenters. The summed E-state index contributed by atoms with van der Waals surface area (Å²) in [5.74, 6) is 1.89. The average molecular weight is 416 g/mol. The molecule has 3 aromatic rings. The van der Waals surface area contributed by atoms with Gasteiger partial charge in [-0.2, -0.15) is 5.10 Å². The summed E-state index contributed by atoms with van der Waals surface area (Å²) in [4.78, 5) is 4.59. The molecule has 0 saturated heterocycles.